The second-order valence-electron chi connectivity index (χ2n) is 7.37. The lowest BCUT2D eigenvalue weighted by atomic mass is 10.2. The number of anilines is 2. The fourth-order valence-electron chi connectivity index (χ4n) is 2.98. The Morgan fingerprint density at radius 1 is 0.552 bits per heavy atom. The number of hydrogen-bond acceptors (Lipinski definition) is 4. The molecule has 4 nitrogen and oxygen atoms in total. The van der Waals surface area contributed by atoms with Crippen molar-refractivity contribution in [3.05, 3.63) is 48.5 Å². The highest BCUT2D eigenvalue weighted by Gasteiger charge is 1.98. The van der Waals surface area contributed by atoms with E-state index in [0.717, 1.165) is 68.4 Å². The van der Waals surface area contributed by atoms with Crippen molar-refractivity contribution in [3.8, 4) is 11.5 Å². The average molecular weight is 399 g/mol. The van der Waals surface area contributed by atoms with Gasteiger partial charge in [0.1, 0.15) is 11.5 Å². The fraction of sp³-hybridized carbons (Fsp3) is 0.520. The standard InChI is InChI=1S/C25H38N2O2/c1-3-5-7-8-9-21-29-25-16-12-23(13-17-25)27-19-18-26-22-10-14-24(15-11-22)28-20-6-4-2/h10-17,26-27H,3-9,18-21H2,1-2H3. The highest BCUT2D eigenvalue weighted by molar-refractivity contribution is 5.48. The summed E-state index contributed by atoms with van der Waals surface area (Å²) in [6, 6.07) is 16.4. The summed E-state index contributed by atoms with van der Waals surface area (Å²) in [6.07, 6.45) is 8.57. The number of benzene rings is 2. The van der Waals surface area contributed by atoms with Crippen molar-refractivity contribution in [2.75, 3.05) is 36.9 Å². The van der Waals surface area contributed by atoms with Crippen LogP contribution in [0.5, 0.6) is 11.5 Å². The Kier molecular flexibility index (Phi) is 11.6. The van der Waals surface area contributed by atoms with Gasteiger partial charge in [0, 0.05) is 24.5 Å². The van der Waals surface area contributed by atoms with Crippen molar-refractivity contribution in [1.82, 2.24) is 0 Å². The number of nitrogens with one attached hydrogen (secondary N) is 2. The van der Waals surface area contributed by atoms with Crippen molar-refractivity contribution in [1.29, 1.82) is 0 Å². The summed E-state index contributed by atoms with van der Waals surface area (Å²) in [6.45, 7) is 7.71. The predicted molar refractivity (Wildman–Crippen MR) is 125 cm³/mol. The highest BCUT2D eigenvalue weighted by Crippen LogP contribution is 2.17. The van der Waals surface area contributed by atoms with Crippen LogP contribution in [0.4, 0.5) is 11.4 Å². The Bertz CT molecular complexity index is 641. The van der Waals surface area contributed by atoms with Crippen LogP contribution in [0.1, 0.15) is 58.8 Å². The van der Waals surface area contributed by atoms with Gasteiger partial charge in [-0.15, -0.1) is 0 Å². The molecule has 2 aromatic carbocycles. The van der Waals surface area contributed by atoms with Gasteiger partial charge in [0.15, 0.2) is 0 Å². The van der Waals surface area contributed by atoms with Crippen molar-refractivity contribution >= 4 is 11.4 Å². The molecular weight excluding hydrogens is 360 g/mol. The topological polar surface area (TPSA) is 42.5 Å². The first-order valence-corrected chi connectivity index (χ1v) is 11.2. The molecule has 160 valence electrons. The molecule has 0 aliphatic heterocycles. The van der Waals surface area contributed by atoms with E-state index >= 15 is 0 Å². The minimum Gasteiger partial charge on any atom is -0.494 e. The number of hydrogen-bond donors (Lipinski definition) is 2. The van der Waals surface area contributed by atoms with Gasteiger partial charge in [-0.1, -0.05) is 46.0 Å². The summed E-state index contributed by atoms with van der Waals surface area (Å²) < 4.78 is 11.5. The van der Waals surface area contributed by atoms with E-state index in [-0.39, 0.29) is 0 Å². The molecule has 0 radical (unpaired) electrons. The van der Waals surface area contributed by atoms with E-state index in [0.29, 0.717) is 0 Å². The van der Waals surface area contributed by atoms with Crippen LogP contribution in [0.3, 0.4) is 0 Å². The number of ether oxygens (including phenoxy) is 2. The van der Waals surface area contributed by atoms with Gasteiger partial charge in [-0.2, -0.15) is 0 Å². The summed E-state index contributed by atoms with van der Waals surface area (Å²) in [5.41, 5.74) is 2.22. The molecule has 0 aromatic heterocycles. The van der Waals surface area contributed by atoms with E-state index in [2.05, 4.69) is 48.7 Å². The zero-order valence-electron chi connectivity index (χ0n) is 18.2. The summed E-state index contributed by atoms with van der Waals surface area (Å²) in [7, 11) is 0. The van der Waals surface area contributed by atoms with E-state index in [1.165, 1.54) is 25.7 Å². The van der Waals surface area contributed by atoms with Crippen LogP contribution in [-0.2, 0) is 0 Å². The van der Waals surface area contributed by atoms with E-state index in [1.54, 1.807) is 0 Å². The van der Waals surface area contributed by atoms with E-state index in [9.17, 15) is 0 Å². The maximum atomic E-state index is 5.81. The van der Waals surface area contributed by atoms with Crippen molar-refractivity contribution in [2.24, 2.45) is 0 Å². The maximum Gasteiger partial charge on any atom is 0.119 e. The minimum atomic E-state index is 0.788. The van der Waals surface area contributed by atoms with Gasteiger partial charge in [0.05, 0.1) is 13.2 Å². The van der Waals surface area contributed by atoms with Crippen LogP contribution in [0, 0.1) is 0 Å². The van der Waals surface area contributed by atoms with Gasteiger partial charge in [-0.25, -0.2) is 0 Å². The lowest BCUT2D eigenvalue weighted by Crippen LogP contribution is -2.13. The monoisotopic (exact) mass is 398 g/mol. The quantitative estimate of drug-likeness (QED) is 0.307. The van der Waals surface area contributed by atoms with E-state index in [4.69, 9.17) is 9.47 Å². The van der Waals surface area contributed by atoms with Gasteiger partial charge in [0.2, 0.25) is 0 Å². The Hall–Kier alpha value is -2.36. The molecular formula is C25H38N2O2. The Morgan fingerprint density at radius 3 is 1.48 bits per heavy atom. The van der Waals surface area contributed by atoms with Crippen LogP contribution in [-0.4, -0.2) is 26.3 Å². The molecule has 2 rings (SSSR count). The largest absolute Gasteiger partial charge is 0.494 e. The Labute approximate surface area is 177 Å². The van der Waals surface area contributed by atoms with Gasteiger partial charge >= 0.3 is 0 Å². The molecule has 29 heavy (non-hydrogen) atoms. The van der Waals surface area contributed by atoms with Gasteiger partial charge in [-0.3, -0.25) is 0 Å². The third-order valence-electron chi connectivity index (χ3n) is 4.78. The summed E-state index contributed by atoms with van der Waals surface area (Å²) in [5, 5.41) is 6.86. The average Bonchev–Trinajstić information content (AvgIpc) is 2.76. The Morgan fingerprint density at radius 2 is 1.00 bits per heavy atom. The molecule has 4 heteroatoms. The van der Waals surface area contributed by atoms with Gasteiger partial charge in [-0.05, 0) is 61.4 Å². The second kappa shape index (κ2) is 14.6. The van der Waals surface area contributed by atoms with Crippen LogP contribution in [0.15, 0.2) is 48.5 Å². The zero-order valence-corrected chi connectivity index (χ0v) is 18.2. The first-order valence-electron chi connectivity index (χ1n) is 11.2. The fourth-order valence-corrected chi connectivity index (χ4v) is 2.98. The third kappa shape index (κ3) is 10.1. The van der Waals surface area contributed by atoms with Crippen molar-refractivity contribution < 1.29 is 9.47 Å². The summed E-state index contributed by atoms with van der Waals surface area (Å²) in [4.78, 5) is 0. The molecule has 0 amide bonds. The molecule has 0 aliphatic rings. The predicted octanol–water partition coefficient (Wildman–Crippen LogP) is 6.74. The first kappa shape index (κ1) is 22.9. The van der Waals surface area contributed by atoms with E-state index in [1.807, 2.05) is 24.3 Å². The molecule has 0 unspecified atom stereocenters. The molecule has 0 saturated carbocycles. The summed E-state index contributed by atoms with van der Waals surface area (Å²) in [5.74, 6) is 1.89. The molecule has 0 fully saturated rings. The molecule has 0 bridgehead atoms. The Balaban J connectivity index is 1.58. The zero-order chi connectivity index (χ0) is 20.6. The summed E-state index contributed by atoms with van der Waals surface area (Å²) >= 11 is 0. The third-order valence-corrected chi connectivity index (χ3v) is 4.78. The van der Waals surface area contributed by atoms with Gasteiger partial charge in [0.25, 0.3) is 0 Å². The lowest BCUT2D eigenvalue weighted by molar-refractivity contribution is 0.304. The molecule has 0 saturated heterocycles. The van der Waals surface area contributed by atoms with E-state index < -0.39 is 0 Å². The SMILES string of the molecule is CCCCCCCOc1ccc(NCCNc2ccc(OCCCC)cc2)cc1. The van der Waals surface area contributed by atoms with Crippen LogP contribution >= 0.6 is 0 Å². The minimum absolute atomic E-state index is 0.788. The van der Waals surface area contributed by atoms with Crippen LogP contribution in [0.25, 0.3) is 0 Å². The smallest absolute Gasteiger partial charge is 0.119 e. The number of rotatable bonds is 16. The first-order chi connectivity index (χ1) is 14.3. The lowest BCUT2D eigenvalue weighted by Gasteiger charge is -2.11. The molecule has 2 N–H and O–H groups in total. The molecule has 2 aromatic rings. The maximum absolute atomic E-state index is 5.81. The molecule has 0 aliphatic carbocycles. The second-order valence-corrected chi connectivity index (χ2v) is 7.37. The van der Waals surface area contributed by atoms with Crippen molar-refractivity contribution in [2.45, 2.75) is 58.8 Å². The van der Waals surface area contributed by atoms with Crippen LogP contribution < -0.4 is 20.1 Å². The normalized spacial score (nSPS) is 10.6. The molecule has 0 spiro atoms. The van der Waals surface area contributed by atoms with Crippen LogP contribution in [0.2, 0.25) is 0 Å². The highest BCUT2D eigenvalue weighted by atomic mass is 16.5. The van der Waals surface area contributed by atoms with Gasteiger partial charge < -0.3 is 20.1 Å². The molecule has 0 heterocycles. The number of unbranched alkanes of at least 4 members (excludes halogenated alkanes) is 5. The van der Waals surface area contributed by atoms with Crippen molar-refractivity contribution in [3.63, 3.8) is 0 Å². The molecule has 0 atom stereocenters.